The van der Waals surface area contributed by atoms with E-state index in [-0.39, 0.29) is 0 Å². The highest BCUT2D eigenvalue weighted by molar-refractivity contribution is 5.79. The lowest BCUT2D eigenvalue weighted by atomic mass is 10.3. The molecular weight excluding hydrogens is 204 g/mol. The molecule has 1 aromatic heterocycles. The van der Waals surface area contributed by atoms with E-state index in [1.807, 2.05) is 13.2 Å². The Morgan fingerprint density at radius 2 is 2.44 bits per heavy atom. The van der Waals surface area contributed by atoms with Gasteiger partial charge in [0, 0.05) is 25.4 Å². The summed E-state index contributed by atoms with van der Waals surface area (Å²) in [5.41, 5.74) is 3.61. The molecule has 4 N–H and O–H groups in total. The number of hydrazine groups is 1. The summed E-state index contributed by atoms with van der Waals surface area (Å²) < 4.78 is 1.75. The number of hydrogen-bond donors (Lipinski definition) is 3. The Morgan fingerprint density at radius 3 is 3.00 bits per heavy atom. The van der Waals surface area contributed by atoms with Gasteiger partial charge in [0.1, 0.15) is 0 Å². The fraction of sp³-hybridized carbons (Fsp3) is 0.600. The van der Waals surface area contributed by atoms with Crippen molar-refractivity contribution in [3.05, 3.63) is 18.0 Å². The number of nitrogens with one attached hydrogen (secondary N) is 2. The summed E-state index contributed by atoms with van der Waals surface area (Å²) in [5.74, 6) is 5.98. The van der Waals surface area contributed by atoms with Gasteiger partial charge in [-0.05, 0) is 6.42 Å². The monoisotopic (exact) mass is 224 g/mol. The molecule has 0 aliphatic carbocycles. The van der Waals surface area contributed by atoms with Crippen molar-refractivity contribution in [2.75, 3.05) is 6.54 Å². The second-order valence-electron chi connectivity index (χ2n) is 3.61. The number of aliphatic imine (C=N–C) groups is 1. The van der Waals surface area contributed by atoms with Crippen molar-refractivity contribution in [2.45, 2.75) is 26.3 Å². The van der Waals surface area contributed by atoms with Crippen LogP contribution in [0.4, 0.5) is 0 Å². The van der Waals surface area contributed by atoms with Crippen molar-refractivity contribution in [2.24, 2.45) is 17.9 Å². The third-order valence-corrected chi connectivity index (χ3v) is 2.14. The van der Waals surface area contributed by atoms with E-state index in [0.29, 0.717) is 12.5 Å². The molecule has 1 rings (SSSR count). The maximum atomic E-state index is 5.36. The summed E-state index contributed by atoms with van der Waals surface area (Å²) in [5, 5.41) is 7.21. The minimum atomic E-state index is 0.576. The molecular formula is C10H20N6. The zero-order chi connectivity index (χ0) is 11.8. The Hall–Kier alpha value is -1.56. The van der Waals surface area contributed by atoms with E-state index in [2.05, 4.69) is 27.8 Å². The molecule has 0 fully saturated rings. The van der Waals surface area contributed by atoms with Gasteiger partial charge in [0.05, 0.1) is 12.7 Å². The van der Waals surface area contributed by atoms with Crippen LogP contribution < -0.4 is 16.6 Å². The molecule has 90 valence electrons. The van der Waals surface area contributed by atoms with Crippen LogP contribution in [0.1, 0.15) is 25.3 Å². The molecule has 0 amide bonds. The number of hydrogen-bond acceptors (Lipinski definition) is 3. The van der Waals surface area contributed by atoms with Crippen LogP contribution in [0, 0.1) is 0 Å². The number of aryl methyl sites for hydroxylation is 1. The van der Waals surface area contributed by atoms with Crippen LogP contribution in [-0.2, 0) is 13.6 Å². The van der Waals surface area contributed by atoms with Crippen LogP contribution in [0.15, 0.2) is 17.4 Å². The summed E-state index contributed by atoms with van der Waals surface area (Å²) in [6, 6.07) is 0. The Morgan fingerprint density at radius 1 is 1.62 bits per heavy atom. The number of nitrogens with zero attached hydrogens (tertiary/aromatic N) is 3. The van der Waals surface area contributed by atoms with Crippen molar-refractivity contribution < 1.29 is 0 Å². The second-order valence-corrected chi connectivity index (χ2v) is 3.61. The SMILES string of the molecule is CCCCNC(=NCc1cnn(C)c1)NN. The molecule has 0 aliphatic heterocycles. The van der Waals surface area contributed by atoms with Crippen LogP contribution in [0.25, 0.3) is 0 Å². The van der Waals surface area contributed by atoms with Gasteiger partial charge in [-0.15, -0.1) is 0 Å². The fourth-order valence-corrected chi connectivity index (χ4v) is 1.26. The number of aromatic nitrogens is 2. The summed E-state index contributed by atoms with van der Waals surface area (Å²) in [7, 11) is 1.88. The molecule has 0 atom stereocenters. The zero-order valence-electron chi connectivity index (χ0n) is 9.90. The standard InChI is InChI=1S/C10H20N6/c1-3-4-5-12-10(15-11)13-6-9-7-14-16(2)8-9/h7-8H,3-6,11H2,1-2H3,(H2,12,13,15). The summed E-state index contributed by atoms with van der Waals surface area (Å²) in [6.07, 6.45) is 5.98. The first-order valence-corrected chi connectivity index (χ1v) is 5.48. The smallest absolute Gasteiger partial charge is 0.206 e. The van der Waals surface area contributed by atoms with Gasteiger partial charge in [0.25, 0.3) is 0 Å². The van der Waals surface area contributed by atoms with Gasteiger partial charge in [0.2, 0.25) is 5.96 Å². The summed E-state index contributed by atoms with van der Waals surface area (Å²) in [4.78, 5) is 4.31. The average Bonchev–Trinajstić information content (AvgIpc) is 2.69. The van der Waals surface area contributed by atoms with Crippen molar-refractivity contribution in [3.8, 4) is 0 Å². The maximum absolute atomic E-state index is 5.36. The first-order chi connectivity index (χ1) is 7.76. The quantitative estimate of drug-likeness (QED) is 0.218. The fourth-order valence-electron chi connectivity index (χ4n) is 1.26. The van der Waals surface area contributed by atoms with Crippen LogP contribution in [0.5, 0.6) is 0 Å². The molecule has 1 heterocycles. The average molecular weight is 224 g/mol. The highest BCUT2D eigenvalue weighted by Crippen LogP contribution is 1.97. The minimum absolute atomic E-state index is 0.576. The number of guanidine groups is 1. The van der Waals surface area contributed by atoms with E-state index in [9.17, 15) is 0 Å². The third kappa shape index (κ3) is 4.31. The van der Waals surface area contributed by atoms with E-state index < -0.39 is 0 Å². The first kappa shape index (κ1) is 12.5. The lowest BCUT2D eigenvalue weighted by molar-refractivity contribution is 0.731. The molecule has 0 radical (unpaired) electrons. The summed E-state index contributed by atoms with van der Waals surface area (Å²) >= 11 is 0. The molecule has 0 aliphatic rings. The zero-order valence-corrected chi connectivity index (χ0v) is 9.90. The topological polar surface area (TPSA) is 80.3 Å². The molecule has 6 nitrogen and oxygen atoms in total. The largest absolute Gasteiger partial charge is 0.355 e. The van der Waals surface area contributed by atoms with Gasteiger partial charge in [0.15, 0.2) is 0 Å². The van der Waals surface area contributed by atoms with E-state index in [0.717, 1.165) is 24.9 Å². The molecule has 0 spiro atoms. The molecule has 0 saturated heterocycles. The number of nitrogens with two attached hydrogens (primary N) is 1. The van der Waals surface area contributed by atoms with Crippen LogP contribution in [-0.4, -0.2) is 22.3 Å². The third-order valence-electron chi connectivity index (χ3n) is 2.14. The maximum Gasteiger partial charge on any atom is 0.206 e. The Labute approximate surface area is 95.9 Å². The number of rotatable bonds is 5. The first-order valence-electron chi connectivity index (χ1n) is 5.48. The van der Waals surface area contributed by atoms with Crippen molar-refractivity contribution in [1.82, 2.24) is 20.5 Å². The predicted octanol–water partition coefficient (Wildman–Crippen LogP) is 0.129. The Balaban J connectivity index is 2.40. The lowest BCUT2D eigenvalue weighted by Gasteiger charge is -2.07. The van der Waals surface area contributed by atoms with E-state index in [4.69, 9.17) is 5.84 Å². The summed E-state index contributed by atoms with van der Waals surface area (Å²) in [6.45, 7) is 3.60. The second kappa shape index (κ2) is 6.84. The molecule has 1 aromatic rings. The van der Waals surface area contributed by atoms with Crippen molar-refractivity contribution in [3.63, 3.8) is 0 Å². The molecule has 0 aromatic carbocycles. The molecule has 0 saturated carbocycles. The van der Waals surface area contributed by atoms with Gasteiger partial charge in [-0.2, -0.15) is 5.10 Å². The Kier molecular flexibility index (Phi) is 5.35. The number of unbranched alkanes of at least 4 members (excludes halogenated alkanes) is 1. The van der Waals surface area contributed by atoms with E-state index in [1.165, 1.54) is 0 Å². The van der Waals surface area contributed by atoms with Crippen molar-refractivity contribution in [1.29, 1.82) is 0 Å². The van der Waals surface area contributed by atoms with Gasteiger partial charge >= 0.3 is 0 Å². The van der Waals surface area contributed by atoms with Gasteiger partial charge in [-0.25, -0.2) is 10.8 Å². The van der Waals surface area contributed by atoms with E-state index >= 15 is 0 Å². The van der Waals surface area contributed by atoms with Gasteiger partial charge in [-0.3, -0.25) is 10.1 Å². The van der Waals surface area contributed by atoms with Crippen LogP contribution in [0.2, 0.25) is 0 Å². The van der Waals surface area contributed by atoms with Crippen LogP contribution in [0.3, 0.4) is 0 Å². The van der Waals surface area contributed by atoms with Crippen molar-refractivity contribution >= 4 is 5.96 Å². The van der Waals surface area contributed by atoms with Gasteiger partial charge < -0.3 is 5.32 Å². The normalized spacial score (nSPS) is 11.6. The minimum Gasteiger partial charge on any atom is -0.355 e. The highest BCUT2D eigenvalue weighted by atomic mass is 15.3. The van der Waals surface area contributed by atoms with Gasteiger partial charge in [-0.1, -0.05) is 13.3 Å². The highest BCUT2D eigenvalue weighted by Gasteiger charge is 1.97. The molecule has 16 heavy (non-hydrogen) atoms. The predicted molar refractivity (Wildman–Crippen MR) is 64.6 cm³/mol. The molecule has 0 unspecified atom stereocenters. The molecule has 6 heteroatoms. The molecule has 0 bridgehead atoms. The lowest BCUT2D eigenvalue weighted by Crippen LogP contribution is -2.41. The Bertz CT molecular complexity index is 330. The van der Waals surface area contributed by atoms with E-state index in [1.54, 1.807) is 10.9 Å². The van der Waals surface area contributed by atoms with Crippen LogP contribution >= 0.6 is 0 Å².